The molecule has 2 aromatic carbocycles. The van der Waals surface area contributed by atoms with Crippen LogP contribution in [0.4, 0.5) is 21.8 Å². The topological polar surface area (TPSA) is 73.6 Å². The molecule has 0 bridgehead atoms. The van der Waals surface area contributed by atoms with Gasteiger partial charge in [-0.25, -0.2) is 9.37 Å². The number of anilines is 3. The number of hydrogen-bond donors (Lipinski definition) is 2. The Morgan fingerprint density at radius 2 is 1.83 bits per heavy atom. The van der Waals surface area contributed by atoms with Gasteiger partial charge in [-0.3, -0.25) is 0 Å². The zero-order chi connectivity index (χ0) is 16.8. The predicted octanol–water partition coefficient (Wildman–Crippen LogP) is 3.84. The summed E-state index contributed by atoms with van der Waals surface area (Å²) >= 11 is 0. The van der Waals surface area contributed by atoms with Crippen LogP contribution in [-0.4, -0.2) is 9.97 Å². The average Bonchev–Trinajstić information content (AvgIpc) is 2.62. The van der Waals surface area contributed by atoms with Crippen molar-refractivity contribution in [2.75, 3.05) is 10.6 Å². The number of rotatable bonds is 5. The first-order chi connectivity index (χ1) is 11.7. The normalized spacial score (nSPS) is 10.0. The first kappa shape index (κ1) is 15.4. The standard InChI is InChI=1S/C18H14FN5/c19-15-7-5-13(6-8-15)12-22-17-9-10-21-18(24-17)23-16-4-2-1-3-14(16)11-20/h1-10H,12H2,(H2,21,22,23,24). The Morgan fingerprint density at radius 1 is 1.04 bits per heavy atom. The van der Waals surface area contributed by atoms with Crippen LogP contribution >= 0.6 is 0 Å². The Morgan fingerprint density at radius 3 is 2.62 bits per heavy atom. The Hall–Kier alpha value is -3.46. The molecule has 1 heterocycles. The first-order valence-electron chi connectivity index (χ1n) is 7.32. The van der Waals surface area contributed by atoms with Gasteiger partial charge in [0.05, 0.1) is 11.3 Å². The average molecular weight is 319 g/mol. The molecule has 0 fully saturated rings. The highest BCUT2D eigenvalue weighted by molar-refractivity contribution is 5.63. The van der Waals surface area contributed by atoms with Crippen LogP contribution in [0.3, 0.4) is 0 Å². The summed E-state index contributed by atoms with van der Waals surface area (Å²) in [6.07, 6.45) is 1.62. The fraction of sp³-hybridized carbons (Fsp3) is 0.0556. The lowest BCUT2D eigenvalue weighted by Crippen LogP contribution is -2.04. The van der Waals surface area contributed by atoms with E-state index in [9.17, 15) is 4.39 Å². The number of benzene rings is 2. The molecule has 3 aromatic rings. The number of aromatic nitrogens is 2. The van der Waals surface area contributed by atoms with Crippen LogP contribution in [0, 0.1) is 17.1 Å². The van der Waals surface area contributed by atoms with Gasteiger partial charge in [-0.15, -0.1) is 0 Å². The molecule has 118 valence electrons. The summed E-state index contributed by atoms with van der Waals surface area (Å²) in [5, 5.41) is 15.3. The highest BCUT2D eigenvalue weighted by atomic mass is 19.1. The molecular weight excluding hydrogens is 305 g/mol. The minimum Gasteiger partial charge on any atom is -0.366 e. The van der Waals surface area contributed by atoms with E-state index in [1.165, 1.54) is 12.1 Å². The molecule has 0 unspecified atom stereocenters. The minimum absolute atomic E-state index is 0.261. The lowest BCUT2D eigenvalue weighted by Gasteiger charge is -2.09. The Bertz CT molecular complexity index is 871. The molecule has 2 N–H and O–H groups in total. The summed E-state index contributed by atoms with van der Waals surface area (Å²) in [5.74, 6) is 0.761. The second-order valence-electron chi connectivity index (χ2n) is 5.03. The molecule has 0 atom stereocenters. The van der Waals surface area contributed by atoms with Crippen molar-refractivity contribution in [2.45, 2.75) is 6.54 Å². The van der Waals surface area contributed by atoms with Crippen molar-refractivity contribution in [3.8, 4) is 6.07 Å². The molecular formula is C18H14FN5. The second-order valence-corrected chi connectivity index (χ2v) is 5.03. The molecule has 0 spiro atoms. The van der Waals surface area contributed by atoms with Crippen molar-refractivity contribution >= 4 is 17.5 Å². The molecule has 0 saturated carbocycles. The summed E-state index contributed by atoms with van der Waals surface area (Å²) in [4.78, 5) is 8.51. The van der Waals surface area contributed by atoms with Crippen molar-refractivity contribution in [2.24, 2.45) is 0 Å². The molecule has 1 aromatic heterocycles. The molecule has 0 radical (unpaired) electrons. The minimum atomic E-state index is -0.261. The van der Waals surface area contributed by atoms with E-state index in [0.717, 1.165) is 5.56 Å². The first-order valence-corrected chi connectivity index (χ1v) is 7.32. The summed E-state index contributed by atoms with van der Waals surface area (Å²) in [6, 6.07) is 17.3. The third kappa shape index (κ3) is 3.84. The largest absolute Gasteiger partial charge is 0.366 e. The van der Waals surface area contributed by atoms with Gasteiger partial charge in [0.2, 0.25) is 5.95 Å². The van der Waals surface area contributed by atoms with E-state index < -0.39 is 0 Å². The van der Waals surface area contributed by atoms with E-state index in [2.05, 4.69) is 26.7 Å². The predicted molar refractivity (Wildman–Crippen MR) is 90.2 cm³/mol. The van der Waals surface area contributed by atoms with Gasteiger partial charge in [0.25, 0.3) is 0 Å². The lowest BCUT2D eigenvalue weighted by atomic mass is 10.2. The zero-order valence-electron chi connectivity index (χ0n) is 12.7. The maximum Gasteiger partial charge on any atom is 0.229 e. The van der Waals surface area contributed by atoms with Crippen LogP contribution in [0.2, 0.25) is 0 Å². The SMILES string of the molecule is N#Cc1ccccc1Nc1nccc(NCc2ccc(F)cc2)n1. The molecule has 0 amide bonds. The van der Waals surface area contributed by atoms with Gasteiger partial charge in [0.15, 0.2) is 0 Å². The van der Waals surface area contributed by atoms with E-state index in [1.807, 2.05) is 6.07 Å². The molecule has 6 heteroatoms. The number of nitrogens with zero attached hydrogens (tertiary/aromatic N) is 3. The van der Waals surface area contributed by atoms with E-state index in [-0.39, 0.29) is 5.82 Å². The quantitative estimate of drug-likeness (QED) is 0.747. The van der Waals surface area contributed by atoms with E-state index in [1.54, 1.807) is 42.6 Å². The van der Waals surface area contributed by atoms with Gasteiger partial charge in [-0.2, -0.15) is 10.2 Å². The Labute approximate surface area is 138 Å². The van der Waals surface area contributed by atoms with Gasteiger partial charge in [-0.1, -0.05) is 24.3 Å². The molecule has 24 heavy (non-hydrogen) atoms. The lowest BCUT2D eigenvalue weighted by molar-refractivity contribution is 0.627. The van der Waals surface area contributed by atoms with Crippen molar-refractivity contribution in [1.82, 2.24) is 9.97 Å². The van der Waals surface area contributed by atoms with Gasteiger partial charge in [0.1, 0.15) is 17.7 Å². The van der Waals surface area contributed by atoms with E-state index in [4.69, 9.17) is 5.26 Å². The number of halogens is 1. The van der Waals surface area contributed by atoms with Gasteiger partial charge < -0.3 is 10.6 Å². The van der Waals surface area contributed by atoms with Crippen LogP contribution in [-0.2, 0) is 6.54 Å². The maximum atomic E-state index is 12.9. The highest BCUT2D eigenvalue weighted by Crippen LogP contribution is 2.18. The number of nitrogens with one attached hydrogen (secondary N) is 2. The van der Waals surface area contributed by atoms with Crippen LogP contribution in [0.25, 0.3) is 0 Å². The van der Waals surface area contributed by atoms with E-state index in [0.29, 0.717) is 29.6 Å². The van der Waals surface area contributed by atoms with Gasteiger partial charge >= 0.3 is 0 Å². The molecule has 0 aliphatic heterocycles. The summed E-state index contributed by atoms with van der Waals surface area (Å²) in [7, 11) is 0. The van der Waals surface area contributed by atoms with Crippen LogP contribution in [0.15, 0.2) is 60.8 Å². The van der Waals surface area contributed by atoms with E-state index >= 15 is 0 Å². The van der Waals surface area contributed by atoms with Gasteiger partial charge in [-0.05, 0) is 35.9 Å². The summed E-state index contributed by atoms with van der Waals surface area (Å²) in [5.41, 5.74) is 2.11. The Kier molecular flexibility index (Phi) is 4.63. The fourth-order valence-electron chi connectivity index (χ4n) is 2.12. The number of para-hydroxylation sites is 1. The third-order valence-electron chi connectivity index (χ3n) is 3.34. The van der Waals surface area contributed by atoms with Crippen LogP contribution in [0.5, 0.6) is 0 Å². The monoisotopic (exact) mass is 319 g/mol. The summed E-state index contributed by atoms with van der Waals surface area (Å²) < 4.78 is 12.9. The number of hydrogen-bond acceptors (Lipinski definition) is 5. The van der Waals surface area contributed by atoms with Crippen LogP contribution in [0.1, 0.15) is 11.1 Å². The highest BCUT2D eigenvalue weighted by Gasteiger charge is 2.04. The smallest absolute Gasteiger partial charge is 0.229 e. The second kappa shape index (κ2) is 7.20. The Balaban J connectivity index is 1.70. The number of nitriles is 1. The molecule has 0 aliphatic rings. The van der Waals surface area contributed by atoms with Crippen molar-refractivity contribution in [3.63, 3.8) is 0 Å². The maximum absolute atomic E-state index is 12.9. The van der Waals surface area contributed by atoms with Crippen molar-refractivity contribution in [3.05, 3.63) is 77.7 Å². The van der Waals surface area contributed by atoms with Gasteiger partial charge in [0, 0.05) is 12.7 Å². The third-order valence-corrected chi connectivity index (χ3v) is 3.34. The molecule has 0 saturated heterocycles. The zero-order valence-corrected chi connectivity index (χ0v) is 12.7. The fourth-order valence-corrected chi connectivity index (χ4v) is 2.12. The van der Waals surface area contributed by atoms with Crippen LogP contribution < -0.4 is 10.6 Å². The molecule has 3 rings (SSSR count). The molecule has 0 aliphatic carbocycles. The summed E-state index contributed by atoms with van der Waals surface area (Å²) in [6.45, 7) is 0.519. The van der Waals surface area contributed by atoms with Crippen molar-refractivity contribution in [1.29, 1.82) is 5.26 Å². The molecule has 5 nitrogen and oxygen atoms in total. The van der Waals surface area contributed by atoms with Crippen molar-refractivity contribution < 1.29 is 4.39 Å².